The van der Waals surface area contributed by atoms with E-state index in [1.54, 1.807) is 12.4 Å². The highest BCUT2D eigenvalue weighted by Gasteiger charge is 2.39. The summed E-state index contributed by atoms with van der Waals surface area (Å²) < 4.78 is 0. The zero-order valence-corrected chi connectivity index (χ0v) is 12.5. The van der Waals surface area contributed by atoms with Gasteiger partial charge in [0.25, 0.3) is 0 Å². The van der Waals surface area contributed by atoms with Crippen molar-refractivity contribution in [1.82, 2.24) is 10.3 Å². The van der Waals surface area contributed by atoms with Gasteiger partial charge in [-0.15, -0.1) is 0 Å². The first-order valence-corrected chi connectivity index (χ1v) is 7.63. The van der Waals surface area contributed by atoms with Crippen molar-refractivity contribution in [3.63, 3.8) is 0 Å². The number of hydrogen-bond acceptors (Lipinski definition) is 3. The third-order valence-electron chi connectivity index (χ3n) is 4.41. The van der Waals surface area contributed by atoms with Crippen LogP contribution in [0, 0.1) is 5.41 Å². The maximum atomic E-state index is 11.8. The molecule has 1 aliphatic heterocycles. The molecule has 1 saturated heterocycles. The Bertz CT molecular complexity index is 649. The maximum absolute atomic E-state index is 11.8. The Hall–Kier alpha value is -2.20. The van der Waals surface area contributed by atoms with Crippen LogP contribution in [0.15, 0.2) is 48.8 Å². The van der Waals surface area contributed by atoms with Crippen LogP contribution < -0.4 is 5.32 Å². The van der Waals surface area contributed by atoms with E-state index in [4.69, 9.17) is 0 Å². The molecule has 1 aromatic heterocycles. The van der Waals surface area contributed by atoms with Gasteiger partial charge in [-0.25, -0.2) is 0 Å². The fourth-order valence-corrected chi connectivity index (χ4v) is 3.17. The summed E-state index contributed by atoms with van der Waals surface area (Å²) in [4.78, 5) is 15.8. The highest BCUT2D eigenvalue weighted by atomic mass is 16.4. The number of carboxylic acids is 1. The van der Waals surface area contributed by atoms with Crippen molar-refractivity contribution in [1.29, 1.82) is 0 Å². The van der Waals surface area contributed by atoms with Crippen LogP contribution in [0.25, 0.3) is 11.1 Å². The predicted octanol–water partition coefficient (Wildman–Crippen LogP) is 2.75. The van der Waals surface area contributed by atoms with Crippen molar-refractivity contribution in [3.8, 4) is 11.1 Å². The van der Waals surface area contributed by atoms with Crippen LogP contribution in [0.5, 0.6) is 0 Å². The molecule has 4 heteroatoms. The van der Waals surface area contributed by atoms with Crippen molar-refractivity contribution in [3.05, 3.63) is 54.4 Å². The van der Waals surface area contributed by atoms with Crippen LogP contribution >= 0.6 is 0 Å². The number of carbonyl (C=O) groups is 1. The second-order valence-electron chi connectivity index (χ2n) is 5.98. The Kier molecular flexibility index (Phi) is 4.20. The van der Waals surface area contributed by atoms with Gasteiger partial charge in [0, 0.05) is 18.9 Å². The minimum absolute atomic E-state index is 0.543. The molecule has 0 radical (unpaired) electrons. The maximum Gasteiger partial charge on any atom is 0.311 e. The lowest BCUT2D eigenvalue weighted by Crippen LogP contribution is -2.47. The van der Waals surface area contributed by atoms with Crippen molar-refractivity contribution in [2.75, 3.05) is 13.1 Å². The molecule has 2 N–H and O–H groups in total. The Labute approximate surface area is 130 Å². The summed E-state index contributed by atoms with van der Waals surface area (Å²) in [5.74, 6) is -0.700. The van der Waals surface area contributed by atoms with Crippen molar-refractivity contribution in [2.24, 2.45) is 5.41 Å². The number of nitrogens with zero attached hydrogens (tertiary/aromatic N) is 1. The summed E-state index contributed by atoms with van der Waals surface area (Å²) in [6.07, 6.45) is 5.75. The third-order valence-corrected chi connectivity index (χ3v) is 4.41. The molecule has 1 fully saturated rings. The number of carboxylic acid groups (broad SMARTS) is 1. The van der Waals surface area contributed by atoms with E-state index in [0.717, 1.165) is 36.1 Å². The summed E-state index contributed by atoms with van der Waals surface area (Å²) in [7, 11) is 0. The molecule has 0 spiro atoms. The largest absolute Gasteiger partial charge is 0.481 e. The van der Waals surface area contributed by atoms with Crippen LogP contribution in [0.3, 0.4) is 0 Å². The van der Waals surface area contributed by atoms with Gasteiger partial charge in [0.2, 0.25) is 0 Å². The number of benzene rings is 1. The van der Waals surface area contributed by atoms with E-state index in [1.165, 1.54) is 0 Å². The van der Waals surface area contributed by atoms with E-state index in [-0.39, 0.29) is 0 Å². The van der Waals surface area contributed by atoms with E-state index in [9.17, 15) is 9.90 Å². The van der Waals surface area contributed by atoms with E-state index in [0.29, 0.717) is 13.0 Å². The molecule has 2 heterocycles. The van der Waals surface area contributed by atoms with Gasteiger partial charge < -0.3 is 10.4 Å². The van der Waals surface area contributed by atoms with Gasteiger partial charge in [0.1, 0.15) is 0 Å². The number of aromatic nitrogens is 1. The molecule has 4 nitrogen and oxygen atoms in total. The molecule has 0 amide bonds. The van der Waals surface area contributed by atoms with E-state index in [2.05, 4.69) is 16.4 Å². The van der Waals surface area contributed by atoms with Crippen LogP contribution in [0.4, 0.5) is 0 Å². The Balaban J connectivity index is 1.87. The summed E-state index contributed by atoms with van der Waals surface area (Å²) in [5, 5.41) is 12.9. The first kappa shape index (κ1) is 14.7. The Morgan fingerprint density at radius 3 is 2.73 bits per heavy atom. The summed E-state index contributed by atoms with van der Waals surface area (Å²) in [5.41, 5.74) is 2.59. The van der Waals surface area contributed by atoms with E-state index in [1.807, 2.05) is 30.3 Å². The molecule has 0 unspecified atom stereocenters. The monoisotopic (exact) mass is 296 g/mol. The number of aliphatic carboxylic acids is 1. The number of hydrogen-bond donors (Lipinski definition) is 2. The lowest BCUT2D eigenvalue weighted by atomic mass is 9.75. The van der Waals surface area contributed by atoms with Gasteiger partial charge in [0.05, 0.1) is 5.41 Å². The van der Waals surface area contributed by atoms with Crippen LogP contribution in [0.2, 0.25) is 0 Å². The molecular weight excluding hydrogens is 276 g/mol. The summed E-state index contributed by atoms with van der Waals surface area (Å²) in [6.45, 7) is 1.45. The normalized spacial score (nSPS) is 21.5. The molecule has 1 aliphatic rings. The number of rotatable bonds is 4. The molecule has 1 atom stereocenters. The lowest BCUT2D eigenvalue weighted by Gasteiger charge is -2.33. The minimum Gasteiger partial charge on any atom is -0.481 e. The van der Waals surface area contributed by atoms with Gasteiger partial charge in [-0.1, -0.05) is 24.3 Å². The molecule has 0 saturated carbocycles. The molecule has 2 aromatic rings. The number of nitrogens with one attached hydrogen (secondary N) is 1. The zero-order chi connectivity index (χ0) is 15.4. The fourth-order valence-electron chi connectivity index (χ4n) is 3.17. The second-order valence-corrected chi connectivity index (χ2v) is 5.98. The molecule has 3 rings (SSSR count). The predicted molar refractivity (Wildman–Crippen MR) is 85.5 cm³/mol. The molecule has 0 bridgehead atoms. The average Bonchev–Trinajstić information content (AvgIpc) is 2.57. The quantitative estimate of drug-likeness (QED) is 0.910. The Morgan fingerprint density at radius 2 is 2.05 bits per heavy atom. The average molecular weight is 296 g/mol. The fraction of sp³-hybridized carbons (Fsp3) is 0.333. The minimum atomic E-state index is -0.700. The van der Waals surface area contributed by atoms with E-state index >= 15 is 0 Å². The van der Waals surface area contributed by atoms with Crippen LogP contribution in [0.1, 0.15) is 18.4 Å². The van der Waals surface area contributed by atoms with Gasteiger partial charge in [-0.05, 0) is 54.6 Å². The highest BCUT2D eigenvalue weighted by molar-refractivity contribution is 5.76. The smallest absolute Gasteiger partial charge is 0.311 e. The first-order valence-electron chi connectivity index (χ1n) is 7.63. The number of piperidine rings is 1. The SMILES string of the molecule is O=C(O)[C@]1(Cc2cccc(-c3ccncc3)c2)CCCNC1. The first-order chi connectivity index (χ1) is 10.7. The van der Waals surface area contributed by atoms with Crippen LogP contribution in [-0.2, 0) is 11.2 Å². The summed E-state index contributed by atoms with van der Waals surface area (Å²) in [6, 6.07) is 12.1. The molecule has 22 heavy (non-hydrogen) atoms. The van der Waals surface area contributed by atoms with Gasteiger partial charge in [-0.2, -0.15) is 0 Å². The zero-order valence-electron chi connectivity index (χ0n) is 12.5. The second kappa shape index (κ2) is 6.28. The molecule has 114 valence electrons. The van der Waals surface area contributed by atoms with Crippen molar-refractivity contribution >= 4 is 5.97 Å². The van der Waals surface area contributed by atoms with Gasteiger partial charge in [0.15, 0.2) is 0 Å². The van der Waals surface area contributed by atoms with E-state index < -0.39 is 11.4 Å². The standard InChI is InChI=1S/C18H20N2O2/c21-17(22)18(7-2-8-20-13-18)12-14-3-1-4-16(11-14)15-5-9-19-10-6-15/h1,3-6,9-11,20H,2,7-8,12-13H2,(H,21,22)/t18-/m0/s1. The van der Waals surface area contributed by atoms with Crippen molar-refractivity contribution < 1.29 is 9.90 Å². The topological polar surface area (TPSA) is 62.2 Å². The lowest BCUT2D eigenvalue weighted by molar-refractivity contribution is -0.150. The third kappa shape index (κ3) is 3.02. The number of pyridine rings is 1. The van der Waals surface area contributed by atoms with Crippen LogP contribution in [-0.4, -0.2) is 29.1 Å². The van der Waals surface area contributed by atoms with Gasteiger partial charge >= 0.3 is 5.97 Å². The van der Waals surface area contributed by atoms with Crippen molar-refractivity contribution in [2.45, 2.75) is 19.3 Å². The Morgan fingerprint density at radius 1 is 1.23 bits per heavy atom. The van der Waals surface area contributed by atoms with Gasteiger partial charge in [-0.3, -0.25) is 9.78 Å². The molecular formula is C18H20N2O2. The molecule has 1 aromatic carbocycles. The molecule has 0 aliphatic carbocycles. The summed E-state index contributed by atoms with van der Waals surface area (Å²) >= 11 is 0. The highest BCUT2D eigenvalue weighted by Crippen LogP contribution is 2.32.